The molecule has 0 atom stereocenters. The average molecular weight is 264 g/mol. The van der Waals surface area contributed by atoms with Crippen LogP contribution in [0.4, 0.5) is 0 Å². The van der Waals surface area contributed by atoms with Gasteiger partial charge in [0.1, 0.15) is 0 Å². The van der Waals surface area contributed by atoms with E-state index >= 15 is 0 Å². The van der Waals surface area contributed by atoms with Crippen molar-refractivity contribution in [3.8, 4) is 0 Å². The van der Waals surface area contributed by atoms with Gasteiger partial charge in [-0.05, 0) is 110 Å². The first-order chi connectivity index (χ1) is 9.73. The van der Waals surface area contributed by atoms with E-state index in [1.165, 1.54) is 0 Å². The fourth-order valence-corrected chi connectivity index (χ4v) is 9.20. The number of hydrogen-bond acceptors (Lipinski definition) is 0. The molecule has 0 N–H and O–H groups in total. The SMILES string of the molecule is C1CC12C(=C1C3(CC3)C3(CC3)C13CC3)C1(CC1)C21CC1. The van der Waals surface area contributed by atoms with E-state index in [2.05, 4.69) is 11.1 Å². The summed E-state index contributed by atoms with van der Waals surface area (Å²) >= 11 is 0. The molecule has 8 aliphatic carbocycles. The summed E-state index contributed by atoms with van der Waals surface area (Å²) in [4.78, 5) is 0. The lowest BCUT2D eigenvalue weighted by Crippen LogP contribution is -2.54. The molecule has 0 nitrogen and oxygen atoms in total. The molecular formula is C20H24. The Morgan fingerprint density at radius 2 is 0.600 bits per heavy atom. The molecule has 0 amide bonds. The maximum Gasteiger partial charge on any atom is -0.00138 e. The van der Waals surface area contributed by atoms with Crippen LogP contribution >= 0.6 is 0 Å². The number of rotatable bonds is 0. The Balaban J connectivity index is 1.44. The minimum absolute atomic E-state index is 0.834. The van der Waals surface area contributed by atoms with Gasteiger partial charge in [0.05, 0.1) is 0 Å². The topological polar surface area (TPSA) is 0 Å². The first-order valence-corrected chi connectivity index (χ1v) is 9.49. The number of fused-ring (bicyclic) bond motifs is 4. The van der Waals surface area contributed by atoms with Crippen molar-refractivity contribution < 1.29 is 0 Å². The van der Waals surface area contributed by atoms with Crippen molar-refractivity contribution in [3.05, 3.63) is 11.1 Å². The zero-order chi connectivity index (χ0) is 12.6. The first kappa shape index (κ1) is 9.70. The third kappa shape index (κ3) is 0.566. The molecule has 104 valence electrons. The van der Waals surface area contributed by atoms with Gasteiger partial charge in [0.25, 0.3) is 0 Å². The van der Waals surface area contributed by atoms with E-state index < -0.39 is 0 Å². The van der Waals surface area contributed by atoms with Gasteiger partial charge in [-0.3, -0.25) is 0 Å². The molecule has 0 aromatic carbocycles. The Labute approximate surface area is 121 Å². The van der Waals surface area contributed by atoms with E-state index in [0.29, 0.717) is 0 Å². The van der Waals surface area contributed by atoms with E-state index in [1.54, 1.807) is 77.0 Å². The molecule has 0 aromatic heterocycles. The highest BCUT2D eigenvalue weighted by Gasteiger charge is 2.94. The van der Waals surface area contributed by atoms with E-state index in [9.17, 15) is 0 Å². The minimum Gasteiger partial charge on any atom is -0.0563 e. The number of hydrogen-bond donors (Lipinski definition) is 0. The second-order valence-electron chi connectivity index (χ2n) is 10.2. The van der Waals surface area contributed by atoms with Crippen molar-refractivity contribution in [2.45, 2.75) is 77.0 Å². The van der Waals surface area contributed by atoms with Gasteiger partial charge >= 0.3 is 0 Å². The Morgan fingerprint density at radius 1 is 0.350 bits per heavy atom. The fraction of sp³-hybridized carbons (Fsp3) is 0.900. The molecule has 8 fully saturated rings. The van der Waals surface area contributed by atoms with Crippen LogP contribution in [0.5, 0.6) is 0 Å². The molecule has 0 unspecified atom stereocenters. The molecule has 0 radical (unpaired) electrons. The van der Waals surface area contributed by atoms with Crippen molar-refractivity contribution in [2.24, 2.45) is 32.5 Å². The highest BCUT2D eigenvalue weighted by atomic mass is 15.0. The quantitative estimate of drug-likeness (QED) is 0.541. The normalized spacial score (nSPS) is 46.8. The van der Waals surface area contributed by atoms with Crippen molar-refractivity contribution >= 4 is 0 Å². The van der Waals surface area contributed by atoms with Gasteiger partial charge in [-0.1, -0.05) is 11.1 Å². The molecule has 8 saturated carbocycles. The summed E-state index contributed by atoms with van der Waals surface area (Å²) in [6.07, 6.45) is 19.3. The van der Waals surface area contributed by atoms with Gasteiger partial charge in [-0.25, -0.2) is 0 Å². The predicted molar refractivity (Wildman–Crippen MR) is 77.0 cm³/mol. The van der Waals surface area contributed by atoms with Gasteiger partial charge in [0.2, 0.25) is 0 Å². The summed E-state index contributed by atoms with van der Waals surface area (Å²) in [6.45, 7) is 0. The first-order valence-electron chi connectivity index (χ1n) is 9.49. The van der Waals surface area contributed by atoms with E-state index in [4.69, 9.17) is 0 Å². The van der Waals surface area contributed by atoms with Crippen molar-refractivity contribution in [3.63, 3.8) is 0 Å². The molecule has 0 aliphatic heterocycles. The Morgan fingerprint density at radius 3 is 0.750 bits per heavy atom. The third-order valence-electron chi connectivity index (χ3n) is 10.3. The van der Waals surface area contributed by atoms with Crippen LogP contribution in [0.25, 0.3) is 0 Å². The fourth-order valence-electron chi connectivity index (χ4n) is 9.20. The molecule has 0 heterocycles. The van der Waals surface area contributed by atoms with Gasteiger partial charge in [0.15, 0.2) is 0 Å². The molecule has 0 bridgehead atoms. The van der Waals surface area contributed by atoms with Crippen molar-refractivity contribution in [1.82, 2.24) is 0 Å². The van der Waals surface area contributed by atoms with Crippen LogP contribution in [0.3, 0.4) is 0 Å². The highest BCUT2D eigenvalue weighted by molar-refractivity contribution is 5.66. The summed E-state index contributed by atoms with van der Waals surface area (Å²) in [5.74, 6) is 0. The second-order valence-corrected chi connectivity index (χ2v) is 10.2. The number of allylic oxidation sites excluding steroid dienone is 2. The van der Waals surface area contributed by atoms with Crippen LogP contribution in [-0.4, -0.2) is 0 Å². The Kier molecular flexibility index (Phi) is 0.990. The summed E-state index contributed by atoms with van der Waals surface area (Å²) < 4.78 is 0. The lowest BCUT2D eigenvalue weighted by atomic mass is 9.42. The van der Waals surface area contributed by atoms with Crippen LogP contribution in [0.15, 0.2) is 11.1 Å². The molecule has 8 rings (SSSR count). The highest BCUT2D eigenvalue weighted by Crippen LogP contribution is 3.03. The van der Waals surface area contributed by atoms with Crippen molar-refractivity contribution in [2.75, 3.05) is 0 Å². The van der Waals surface area contributed by atoms with Crippen molar-refractivity contribution in [1.29, 1.82) is 0 Å². The van der Waals surface area contributed by atoms with Gasteiger partial charge in [0, 0.05) is 0 Å². The molecule has 20 heavy (non-hydrogen) atoms. The third-order valence-corrected chi connectivity index (χ3v) is 10.3. The average Bonchev–Trinajstić information content (AvgIpc) is 3.27. The summed E-state index contributed by atoms with van der Waals surface area (Å²) in [6, 6.07) is 0. The van der Waals surface area contributed by atoms with E-state index in [-0.39, 0.29) is 0 Å². The maximum atomic E-state index is 2.19. The minimum atomic E-state index is 0.834. The smallest absolute Gasteiger partial charge is 0.00138 e. The summed E-state index contributed by atoms with van der Waals surface area (Å²) in [5.41, 5.74) is 9.52. The van der Waals surface area contributed by atoms with Crippen LogP contribution < -0.4 is 0 Å². The van der Waals surface area contributed by atoms with E-state index in [0.717, 1.165) is 32.5 Å². The van der Waals surface area contributed by atoms with Crippen LogP contribution in [-0.2, 0) is 0 Å². The molecule has 0 aromatic rings. The largest absolute Gasteiger partial charge is 0.0563 e. The Bertz CT molecular complexity index is 544. The second kappa shape index (κ2) is 2.04. The van der Waals surface area contributed by atoms with Crippen LogP contribution in [0, 0.1) is 32.5 Å². The molecule has 6 spiro atoms. The molecule has 0 saturated heterocycles. The zero-order valence-electron chi connectivity index (χ0n) is 12.5. The maximum absolute atomic E-state index is 2.19. The van der Waals surface area contributed by atoms with Crippen LogP contribution in [0.2, 0.25) is 0 Å². The molecule has 8 aliphatic rings. The van der Waals surface area contributed by atoms with Gasteiger partial charge in [-0.15, -0.1) is 0 Å². The molecule has 0 heteroatoms. The van der Waals surface area contributed by atoms with Gasteiger partial charge < -0.3 is 0 Å². The summed E-state index contributed by atoms with van der Waals surface area (Å²) in [7, 11) is 0. The summed E-state index contributed by atoms with van der Waals surface area (Å²) in [5, 5.41) is 0. The zero-order valence-corrected chi connectivity index (χ0v) is 12.5. The lowest BCUT2D eigenvalue weighted by molar-refractivity contribution is 0.0372. The molecular weight excluding hydrogens is 240 g/mol. The standard InChI is InChI=1S/C20H24/c1-2-15(1)13(16(3-4-16)19(15)9-10-19)14-17(5-6-17)20(11-12-20)18(14)7-8-18/h1-12H2. The Hall–Kier alpha value is -0.260. The lowest BCUT2D eigenvalue weighted by Gasteiger charge is -2.62. The van der Waals surface area contributed by atoms with Gasteiger partial charge in [-0.2, -0.15) is 0 Å². The van der Waals surface area contributed by atoms with Crippen LogP contribution in [0.1, 0.15) is 77.0 Å². The monoisotopic (exact) mass is 264 g/mol. The van der Waals surface area contributed by atoms with E-state index in [1.807, 2.05) is 0 Å². The predicted octanol–water partition coefficient (Wildman–Crippen LogP) is 4.99.